The fourth-order valence-corrected chi connectivity index (χ4v) is 2.82. The number of aromatic nitrogens is 2. The first-order chi connectivity index (χ1) is 10.4. The van der Waals surface area contributed by atoms with Gasteiger partial charge in [0.25, 0.3) is 0 Å². The molecule has 0 aliphatic heterocycles. The van der Waals surface area contributed by atoms with Gasteiger partial charge in [0, 0.05) is 0 Å². The third-order valence-electron chi connectivity index (χ3n) is 2.71. The fourth-order valence-electron chi connectivity index (χ4n) is 1.82. The molecule has 2 aromatic rings. The summed E-state index contributed by atoms with van der Waals surface area (Å²) in [7, 11) is 0. The molecule has 0 N–H and O–H groups in total. The maximum absolute atomic E-state index is 12.3. The normalized spacial score (nSPS) is 10.8. The Bertz CT molecular complexity index is 685. The van der Waals surface area contributed by atoms with Crippen molar-refractivity contribution in [1.29, 1.82) is 0 Å². The summed E-state index contributed by atoms with van der Waals surface area (Å²) in [6.07, 6.45) is -0.0825. The van der Waals surface area contributed by atoms with Crippen molar-refractivity contribution >= 4 is 28.9 Å². The third-order valence-corrected chi connectivity index (χ3v) is 3.97. The van der Waals surface area contributed by atoms with E-state index in [1.807, 2.05) is 27.7 Å². The van der Waals surface area contributed by atoms with Crippen LogP contribution in [0.25, 0.3) is 0 Å². The summed E-state index contributed by atoms with van der Waals surface area (Å²) in [6, 6.07) is 3.20. The molecule has 0 amide bonds. The van der Waals surface area contributed by atoms with Gasteiger partial charge >= 0.3 is 5.97 Å². The van der Waals surface area contributed by atoms with Crippen LogP contribution in [0.15, 0.2) is 12.1 Å². The van der Waals surface area contributed by atoms with E-state index in [0.717, 1.165) is 15.6 Å². The topological polar surface area (TPSA) is 61.3 Å². The summed E-state index contributed by atoms with van der Waals surface area (Å²) in [5, 5.41) is 1.15. The Morgan fingerprint density at radius 1 is 1.32 bits per heavy atom. The molecule has 118 valence electrons. The first-order valence-corrected chi connectivity index (χ1v) is 7.99. The number of aryl methyl sites for hydroxylation is 2. The Balaban J connectivity index is 2.14. The predicted molar refractivity (Wildman–Crippen MR) is 85.7 cm³/mol. The first kappa shape index (κ1) is 16.7. The van der Waals surface area contributed by atoms with E-state index in [4.69, 9.17) is 21.1 Å². The van der Waals surface area contributed by atoms with Crippen molar-refractivity contribution in [2.45, 2.75) is 40.4 Å². The Kier molecular flexibility index (Phi) is 5.37. The maximum atomic E-state index is 12.3. The molecule has 0 radical (unpaired) electrons. The van der Waals surface area contributed by atoms with Crippen LogP contribution in [-0.4, -0.2) is 22.0 Å². The summed E-state index contributed by atoms with van der Waals surface area (Å²) in [4.78, 5) is 21.5. The number of pyridine rings is 1. The van der Waals surface area contributed by atoms with Crippen molar-refractivity contribution in [3.8, 4) is 5.75 Å². The van der Waals surface area contributed by atoms with E-state index in [9.17, 15) is 4.79 Å². The zero-order chi connectivity index (χ0) is 16.3. The van der Waals surface area contributed by atoms with Crippen LogP contribution in [0.1, 0.15) is 39.9 Å². The molecule has 22 heavy (non-hydrogen) atoms. The summed E-state index contributed by atoms with van der Waals surface area (Å²) in [5.41, 5.74) is 0.952. The van der Waals surface area contributed by atoms with Crippen LogP contribution in [0.5, 0.6) is 5.75 Å². The van der Waals surface area contributed by atoms with Gasteiger partial charge in [-0.25, -0.2) is 14.8 Å². The number of thiazole rings is 1. The average Bonchev–Trinajstić information content (AvgIpc) is 2.76. The van der Waals surface area contributed by atoms with Crippen LogP contribution in [0.2, 0.25) is 5.15 Å². The lowest BCUT2D eigenvalue weighted by Gasteiger charge is -2.13. The molecular weight excluding hydrogens is 324 g/mol. The number of esters is 1. The molecule has 0 aromatic carbocycles. The lowest BCUT2D eigenvalue weighted by Crippen LogP contribution is -2.13. The van der Waals surface area contributed by atoms with E-state index in [0.29, 0.717) is 5.75 Å². The number of ether oxygens (including phenoxy) is 2. The van der Waals surface area contributed by atoms with Gasteiger partial charge in [-0.05, 0) is 39.8 Å². The molecule has 0 aliphatic rings. The van der Waals surface area contributed by atoms with Crippen molar-refractivity contribution in [2.24, 2.45) is 0 Å². The number of hydrogen-bond acceptors (Lipinski definition) is 6. The van der Waals surface area contributed by atoms with Gasteiger partial charge in [0.1, 0.15) is 11.8 Å². The zero-order valence-electron chi connectivity index (χ0n) is 12.8. The maximum Gasteiger partial charge on any atom is 0.361 e. The van der Waals surface area contributed by atoms with Gasteiger partial charge < -0.3 is 9.47 Å². The smallest absolute Gasteiger partial charge is 0.361 e. The lowest BCUT2D eigenvalue weighted by atomic mass is 10.3. The monoisotopic (exact) mass is 340 g/mol. The minimum atomic E-state index is -0.566. The SMILES string of the molecule is Cc1nc(C)c(COC(=O)c2nc(Cl)ccc2OC(C)C)s1. The Hall–Kier alpha value is -1.66. The molecule has 0 saturated carbocycles. The molecule has 0 fully saturated rings. The molecule has 0 saturated heterocycles. The Morgan fingerprint density at radius 3 is 2.64 bits per heavy atom. The Morgan fingerprint density at radius 2 is 2.05 bits per heavy atom. The van der Waals surface area contributed by atoms with E-state index in [2.05, 4.69) is 9.97 Å². The van der Waals surface area contributed by atoms with Crippen molar-refractivity contribution in [1.82, 2.24) is 9.97 Å². The van der Waals surface area contributed by atoms with E-state index in [1.165, 1.54) is 11.3 Å². The van der Waals surface area contributed by atoms with E-state index >= 15 is 0 Å². The fraction of sp³-hybridized carbons (Fsp3) is 0.400. The van der Waals surface area contributed by atoms with Gasteiger partial charge in [-0.2, -0.15) is 0 Å². The summed E-state index contributed by atoms with van der Waals surface area (Å²) in [5.74, 6) is -0.204. The minimum Gasteiger partial charge on any atom is -0.488 e. The number of rotatable bonds is 5. The van der Waals surface area contributed by atoms with Crippen LogP contribution >= 0.6 is 22.9 Å². The van der Waals surface area contributed by atoms with Gasteiger partial charge in [0.05, 0.1) is 21.7 Å². The highest BCUT2D eigenvalue weighted by molar-refractivity contribution is 7.11. The summed E-state index contributed by atoms with van der Waals surface area (Å²) >= 11 is 7.36. The summed E-state index contributed by atoms with van der Waals surface area (Å²) in [6.45, 7) is 7.69. The Labute approximate surface area is 138 Å². The van der Waals surface area contributed by atoms with E-state index in [-0.39, 0.29) is 23.6 Å². The molecule has 2 aromatic heterocycles. The van der Waals surface area contributed by atoms with Crippen LogP contribution < -0.4 is 4.74 Å². The molecule has 0 spiro atoms. The van der Waals surface area contributed by atoms with Gasteiger partial charge in [-0.15, -0.1) is 11.3 Å². The third kappa shape index (κ3) is 4.18. The van der Waals surface area contributed by atoms with Gasteiger partial charge in [0.15, 0.2) is 11.4 Å². The van der Waals surface area contributed by atoms with Crippen molar-refractivity contribution in [3.05, 3.63) is 38.6 Å². The van der Waals surface area contributed by atoms with E-state index in [1.54, 1.807) is 12.1 Å². The van der Waals surface area contributed by atoms with Crippen LogP contribution in [0.3, 0.4) is 0 Å². The molecule has 0 bridgehead atoms. The van der Waals surface area contributed by atoms with Crippen LogP contribution in [0, 0.1) is 13.8 Å². The molecular formula is C15H17ClN2O3S. The largest absolute Gasteiger partial charge is 0.488 e. The number of carbonyl (C=O) groups excluding carboxylic acids is 1. The first-order valence-electron chi connectivity index (χ1n) is 6.80. The van der Waals surface area contributed by atoms with Crippen LogP contribution in [-0.2, 0) is 11.3 Å². The second-order valence-corrected chi connectivity index (χ2v) is 6.64. The van der Waals surface area contributed by atoms with Crippen LogP contribution in [0.4, 0.5) is 0 Å². The molecule has 0 unspecified atom stereocenters. The second-order valence-electron chi connectivity index (χ2n) is 4.96. The van der Waals surface area contributed by atoms with Gasteiger partial charge in [0.2, 0.25) is 0 Å². The number of hydrogen-bond donors (Lipinski definition) is 0. The van der Waals surface area contributed by atoms with Crippen molar-refractivity contribution < 1.29 is 14.3 Å². The molecule has 2 heterocycles. The quantitative estimate of drug-likeness (QED) is 0.609. The van der Waals surface area contributed by atoms with Crippen molar-refractivity contribution in [3.63, 3.8) is 0 Å². The second kappa shape index (κ2) is 7.07. The highest BCUT2D eigenvalue weighted by Crippen LogP contribution is 2.23. The standard InChI is InChI=1S/C15H17ClN2O3S/c1-8(2)21-11-5-6-13(16)18-14(11)15(19)20-7-12-9(3)17-10(4)22-12/h5-6,8H,7H2,1-4H3. The minimum absolute atomic E-state index is 0.0825. The molecule has 5 nitrogen and oxygen atoms in total. The number of carbonyl (C=O) groups is 1. The average molecular weight is 341 g/mol. The molecule has 0 aliphatic carbocycles. The number of halogens is 1. The number of nitrogens with zero attached hydrogens (tertiary/aromatic N) is 2. The predicted octanol–water partition coefficient (Wildman–Crippen LogP) is 3.95. The molecule has 7 heteroatoms. The highest BCUT2D eigenvalue weighted by atomic mass is 35.5. The zero-order valence-corrected chi connectivity index (χ0v) is 14.4. The van der Waals surface area contributed by atoms with Crippen molar-refractivity contribution in [2.75, 3.05) is 0 Å². The highest BCUT2D eigenvalue weighted by Gasteiger charge is 2.19. The summed E-state index contributed by atoms with van der Waals surface area (Å²) < 4.78 is 10.9. The van der Waals surface area contributed by atoms with Gasteiger partial charge in [-0.1, -0.05) is 11.6 Å². The van der Waals surface area contributed by atoms with E-state index < -0.39 is 5.97 Å². The van der Waals surface area contributed by atoms with Gasteiger partial charge in [-0.3, -0.25) is 0 Å². The molecule has 2 rings (SSSR count). The lowest BCUT2D eigenvalue weighted by molar-refractivity contribution is 0.0462. The molecule has 0 atom stereocenters.